The number of urea groups is 1. The molecular weight excluding hydrogens is 436 g/mol. The Morgan fingerprint density at radius 2 is 1.90 bits per heavy atom. The van der Waals surface area contributed by atoms with Crippen LogP contribution in [-0.4, -0.2) is 44.3 Å². The van der Waals surface area contributed by atoms with Crippen molar-refractivity contribution in [2.24, 2.45) is 5.73 Å². The van der Waals surface area contributed by atoms with Crippen molar-refractivity contribution in [3.63, 3.8) is 0 Å². The van der Waals surface area contributed by atoms with Crippen LogP contribution < -0.4 is 16.0 Å². The van der Waals surface area contributed by atoms with Gasteiger partial charge in [-0.25, -0.2) is 13.2 Å². The summed E-state index contributed by atoms with van der Waals surface area (Å²) in [6.07, 6.45) is 3.51. The van der Waals surface area contributed by atoms with Crippen molar-refractivity contribution < 1.29 is 18.0 Å². The highest BCUT2D eigenvalue weighted by Crippen LogP contribution is 2.33. The fourth-order valence-electron chi connectivity index (χ4n) is 4.22. The van der Waals surface area contributed by atoms with E-state index in [0.29, 0.717) is 26.1 Å². The van der Waals surface area contributed by atoms with Crippen molar-refractivity contribution in [3.05, 3.63) is 46.2 Å². The quantitative estimate of drug-likeness (QED) is 0.687. The number of fused-ring (bicyclic) bond motifs is 1. The average Bonchev–Trinajstić information content (AvgIpc) is 3.43. The van der Waals surface area contributed by atoms with Crippen molar-refractivity contribution in [1.82, 2.24) is 9.62 Å². The number of sulfonamides is 1. The third kappa shape index (κ3) is 4.60. The predicted octanol–water partition coefficient (Wildman–Crippen LogP) is 2.61. The summed E-state index contributed by atoms with van der Waals surface area (Å²) in [4.78, 5) is 27.2. The van der Waals surface area contributed by atoms with Gasteiger partial charge < -0.3 is 16.0 Å². The first kappa shape index (κ1) is 21.8. The van der Waals surface area contributed by atoms with Crippen LogP contribution in [0.4, 0.5) is 10.5 Å². The Hall–Kier alpha value is -2.43. The van der Waals surface area contributed by atoms with Gasteiger partial charge in [-0.2, -0.15) is 4.31 Å². The van der Waals surface area contributed by atoms with E-state index in [2.05, 4.69) is 5.32 Å². The first-order chi connectivity index (χ1) is 14.9. The molecule has 0 radical (unpaired) electrons. The van der Waals surface area contributed by atoms with Crippen LogP contribution in [0.3, 0.4) is 0 Å². The maximum atomic E-state index is 13.0. The van der Waals surface area contributed by atoms with Gasteiger partial charge in [-0.05, 0) is 54.5 Å². The lowest BCUT2D eigenvalue weighted by atomic mass is 10.1. The minimum atomic E-state index is -3.51. The molecule has 8 nitrogen and oxygen atoms in total. The first-order valence-corrected chi connectivity index (χ1v) is 12.7. The van der Waals surface area contributed by atoms with Crippen LogP contribution in [0.15, 0.2) is 40.6 Å². The summed E-state index contributed by atoms with van der Waals surface area (Å²) >= 11 is 1.45. The van der Waals surface area contributed by atoms with Crippen LogP contribution in [-0.2, 0) is 21.2 Å². The summed E-state index contributed by atoms with van der Waals surface area (Å²) in [6, 6.07) is 7.55. The Kier molecular flexibility index (Phi) is 6.31. The molecule has 1 saturated heterocycles. The van der Waals surface area contributed by atoms with E-state index in [-0.39, 0.29) is 17.2 Å². The number of primary amides is 1. The summed E-state index contributed by atoms with van der Waals surface area (Å²) in [5.74, 6) is -0.141. The molecule has 0 aliphatic carbocycles. The summed E-state index contributed by atoms with van der Waals surface area (Å²) < 4.78 is 27.5. The standard InChI is InChI=1S/C21H26N4O4S2/c22-21(27)23-17(19-5-4-12-30-19)14-20(26)25-11-8-15-13-16(6-7-18(15)25)31(28,29)24-9-2-1-3-10-24/h4-7,12-13,17H,1-3,8-11,14H2,(H3,22,23,27). The van der Waals surface area contributed by atoms with E-state index in [9.17, 15) is 18.0 Å². The number of thiophene rings is 1. The number of carbonyl (C=O) groups excluding carboxylic acids is 2. The molecule has 1 unspecified atom stereocenters. The fraction of sp³-hybridized carbons (Fsp3) is 0.429. The Bertz CT molecular complexity index is 1060. The zero-order chi connectivity index (χ0) is 22.0. The van der Waals surface area contributed by atoms with Gasteiger partial charge >= 0.3 is 6.03 Å². The number of anilines is 1. The molecule has 1 atom stereocenters. The van der Waals surface area contributed by atoms with E-state index < -0.39 is 22.1 Å². The van der Waals surface area contributed by atoms with E-state index >= 15 is 0 Å². The molecule has 31 heavy (non-hydrogen) atoms. The number of hydrogen-bond donors (Lipinski definition) is 2. The van der Waals surface area contributed by atoms with Gasteiger partial charge in [-0.3, -0.25) is 4.79 Å². The van der Waals surface area contributed by atoms with Gasteiger partial charge in [0, 0.05) is 30.2 Å². The van der Waals surface area contributed by atoms with Crippen LogP contribution in [0.25, 0.3) is 0 Å². The van der Waals surface area contributed by atoms with Crippen LogP contribution >= 0.6 is 11.3 Å². The molecule has 3 N–H and O–H groups in total. The second-order valence-corrected chi connectivity index (χ2v) is 10.7. The van der Waals surface area contributed by atoms with Crippen molar-refractivity contribution >= 4 is 39.0 Å². The Balaban J connectivity index is 1.52. The number of rotatable bonds is 6. The number of carbonyl (C=O) groups is 2. The SMILES string of the molecule is NC(=O)NC(CC(=O)N1CCc2cc(S(=O)(=O)N3CCCCC3)ccc21)c1cccs1. The highest BCUT2D eigenvalue weighted by molar-refractivity contribution is 7.89. The van der Waals surface area contributed by atoms with Crippen molar-refractivity contribution in [2.75, 3.05) is 24.5 Å². The number of amides is 3. The van der Waals surface area contributed by atoms with E-state index in [4.69, 9.17) is 5.73 Å². The van der Waals surface area contributed by atoms with Crippen LogP contribution in [0.1, 0.15) is 42.2 Å². The van der Waals surface area contributed by atoms with E-state index in [1.165, 1.54) is 11.3 Å². The molecular formula is C21H26N4O4S2. The van der Waals surface area contributed by atoms with Gasteiger partial charge in [0.1, 0.15) is 0 Å². The molecule has 1 fully saturated rings. The molecule has 0 bridgehead atoms. The third-order valence-corrected chi connectivity index (χ3v) is 8.66. The lowest BCUT2D eigenvalue weighted by Crippen LogP contribution is -2.37. The molecule has 166 valence electrons. The summed E-state index contributed by atoms with van der Waals surface area (Å²) in [5, 5.41) is 4.52. The highest BCUT2D eigenvalue weighted by Gasteiger charge is 2.31. The minimum absolute atomic E-state index is 0.0801. The van der Waals surface area contributed by atoms with Crippen LogP contribution in [0.2, 0.25) is 0 Å². The largest absolute Gasteiger partial charge is 0.352 e. The predicted molar refractivity (Wildman–Crippen MR) is 120 cm³/mol. The summed E-state index contributed by atoms with van der Waals surface area (Å²) in [5.41, 5.74) is 6.87. The number of nitrogens with zero attached hydrogens (tertiary/aromatic N) is 2. The zero-order valence-electron chi connectivity index (χ0n) is 17.1. The molecule has 1 aromatic heterocycles. The molecule has 4 rings (SSSR count). The molecule has 3 heterocycles. The zero-order valence-corrected chi connectivity index (χ0v) is 18.8. The number of nitrogens with one attached hydrogen (secondary N) is 1. The van der Waals surface area contributed by atoms with Gasteiger partial charge in [-0.15, -0.1) is 11.3 Å². The van der Waals surface area contributed by atoms with Gasteiger partial charge in [0.25, 0.3) is 0 Å². The fourth-order valence-corrected chi connectivity index (χ4v) is 6.57. The summed E-state index contributed by atoms with van der Waals surface area (Å²) in [6.45, 7) is 1.59. The molecule has 0 spiro atoms. The molecule has 10 heteroatoms. The third-order valence-electron chi connectivity index (χ3n) is 5.78. The molecule has 1 aromatic carbocycles. The molecule has 0 saturated carbocycles. The van der Waals surface area contributed by atoms with E-state index in [1.807, 2.05) is 17.5 Å². The van der Waals surface area contributed by atoms with Crippen LogP contribution in [0, 0.1) is 0 Å². The molecule has 2 aromatic rings. The highest BCUT2D eigenvalue weighted by atomic mass is 32.2. The van der Waals surface area contributed by atoms with E-state index in [1.54, 1.807) is 27.4 Å². The molecule has 2 aliphatic rings. The normalized spacial score (nSPS) is 17.9. The smallest absolute Gasteiger partial charge is 0.312 e. The first-order valence-electron chi connectivity index (χ1n) is 10.4. The maximum absolute atomic E-state index is 13.0. The summed E-state index contributed by atoms with van der Waals surface area (Å²) in [7, 11) is -3.51. The lowest BCUT2D eigenvalue weighted by molar-refractivity contribution is -0.119. The van der Waals surface area contributed by atoms with Gasteiger partial charge in [0.15, 0.2) is 0 Å². The second-order valence-electron chi connectivity index (χ2n) is 7.83. The Morgan fingerprint density at radius 1 is 1.13 bits per heavy atom. The maximum Gasteiger partial charge on any atom is 0.312 e. The average molecular weight is 463 g/mol. The topological polar surface area (TPSA) is 113 Å². The van der Waals surface area contributed by atoms with Crippen LogP contribution in [0.5, 0.6) is 0 Å². The van der Waals surface area contributed by atoms with Crippen molar-refractivity contribution in [1.29, 1.82) is 0 Å². The van der Waals surface area contributed by atoms with Gasteiger partial charge in [0.05, 0.1) is 17.4 Å². The number of nitrogens with two attached hydrogens (primary N) is 1. The Morgan fingerprint density at radius 3 is 2.58 bits per heavy atom. The minimum Gasteiger partial charge on any atom is -0.352 e. The van der Waals surface area contributed by atoms with Crippen molar-refractivity contribution in [2.45, 2.75) is 43.0 Å². The molecule has 3 amide bonds. The lowest BCUT2D eigenvalue weighted by Gasteiger charge is -2.26. The van der Waals surface area contributed by atoms with Crippen molar-refractivity contribution in [3.8, 4) is 0 Å². The van der Waals surface area contributed by atoms with Gasteiger partial charge in [-0.1, -0.05) is 12.5 Å². The monoisotopic (exact) mass is 462 g/mol. The number of benzene rings is 1. The second kappa shape index (κ2) is 8.97. The van der Waals surface area contributed by atoms with E-state index in [0.717, 1.165) is 35.4 Å². The van der Waals surface area contributed by atoms with Gasteiger partial charge in [0.2, 0.25) is 15.9 Å². The molecule has 2 aliphatic heterocycles. The Labute approximate surface area is 186 Å². The number of hydrogen-bond acceptors (Lipinski definition) is 5. The number of piperidine rings is 1.